The van der Waals surface area contributed by atoms with E-state index in [2.05, 4.69) is 0 Å². The average Bonchev–Trinajstić information content (AvgIpc) is 2.14. The lowest BCUT2D eigenvalue weighted by Crippen LogP contribution is -1.95. The topological polar surface area (TPSA) is 4.93 Å². The van der Waals surface area contributed by atoms with Gasteiger partial charge in [0.1, 0.15) is 5.82 Å². The second kappa shape index (κ2) is 2.21. The van der Waals surface area contributed by atoms with Gasteiger partial charge in [-0.15, -0.1) is 0 Å². The Kier molecular flexibility index (Phi) is 1.56. The molecule has 0 spiro atoms. The van der Waals surface area contributed by atoms with E-state index in [4.69, 9.17) is 0 Å². The molecule has 1 heterocycles. The molecule has 0 atom stereocenters. The quantitative estimate of drug-likeness (QED) is 0.545. The summed E-state index contributed by atoms with van der Waals surface area (Å²) in [6, 6.07) is 1.81. The largest absolute Gasteiger partial charge is 0.349 e. The number of hydrogen-bond donors (Lipinski definition) is 0. The summed E-state index contributed by atoms with van der Waals surface area (Å²) in [5, 5.41) is 0. The van der Waals surface area contributed by atoms with E-state index >= 15 is 0 Å². The van der Waals surface area contributed by atoms with Crippen molar-refractivity contribution in [2.75, 3.05) is 0 Å². The summed E-state index contributed by atoms with van der Waals surface area (Å²) in [6.45, 7) is 4.03. The molecule has 0 aliphatic carbocycles. The predicted molar refractivity (Wildman–Crippen MR) is 34.8 cm³/mol. The van der Waals surface area contributed by atoms with E-state index in [9.17, 15) is 4.39 Å². The van der Waals surface area contributed by atoms with Crippen LogP contribution in [0.1, 0.15) is 19.9 Å². The van der Waals surface area contributed by atoms with Crippen LogP contribution in [0.2, 0.25) is 0 Å². The summed E-state index contributed by atoms with van der Waals surface area (Å²) in [5.74, 6) is -0.163. The lowest BCUT2D eigenvalue weighted by Gasteiger charge is -2.03. The van der Waals surface area contributed by atoms with Gasteiger partial charge in [-0.3, -0.25) is 0 Å². The molecule has 0 saturated carbocycles. The second-order valence-electron chi connectivity index (χ2n) is 2.37. The van der Waals surface area contributed by atoms with Crippen molar-refractivity contribution in [2.24, 2.45) is 0 Å². The van der Waals surface area contributed by atoms with Crippen LogP contribution >= 0.6 is 0 Å². The minimum Gasteiger partial charge on any atom is -0.349 e. The molecule has 0 N–H and O–H groups in total. The molecule has 0 saturated heterocycles. The number of hydrogen-bond acceptors (Lipinski definition) is 0. The van der Waals surface area contributed by atoms with Crippen molar-refractivity contribution in [2.45, 2.75) is 19.9 Å². The first-order valence-corrected chi connectivity index (χ1v) is 3.03. The van der Waals surface area contributed by atoms with Crippen LogP contribution in [0.25, 0.3) is 0 Å². The van der Waals surface area contributed by atoms with Crippen LogP contribution in [0.3, 0.4) is 0 Å². The van der Waals surface area contributed by atoms with Crippen LogP contribution < -0.4 is 0 Å². The molecule has 0 aromatic carbocycles. The average molecular weight is 127 g/mol. The summed E-state index contributed by atoms with van der Waals surface area (Å²) in [7, 11) is 0. The SMILES string of the molecule is CC(C)n1ccc(F)c1. The summed E-state index contributed by atoms with van der Waals surface area (Å²) < 4.78 is 14.1. The Morgan fingerprint density at radius 2 is 2.22 bits per heavy atom. The van der Waals surface area contributed by atoms with Crippen LogP contribution in [-0.2, 0) is 0 Å². The molecule has 50 valence electrons. The number of aromatic nitrogens is 1. The van der Waals surface area contributed by atoms with Crippen molar-refractivity contribution < 1.29 is 4.39 Å². The lowest BCUT2D eigenvalue weighted by molar-refractivity contribution is 0.577. The van der Waals surface area contributed by atoms with Crippen molar-refractivity contribution in [3.8, 4) is 0 Å². The standard InChI is InChI=1S/C7H10FN/c1-6(2)9-4-3-7(8)5-9/h3-6H,1-2H3. The fourth-order valence-electron chi connectivity index (χ4n) is 0.707. The Balaban J connectivity index is 2.85. The van der Waals surface area contributed by atoms with Crippen molar-refractivity contribution in [1.29, 1.82) is 0 Å². The Bertz CT molecular complexity index is 191. The fourth-order valence-corrected chi connectivity index (χ4v) is 0.707. The zero-order valence-corrected chi connectivity index (χ0v) is 5.63. The first-order valence-electron chi connectivity index (χ1n) is 3.03. The molecule has 1 aromatic rings. The summed E-state index contributed by atoms with van der Waals surface area (Å²) in [6.07, 6.45) is 3.23. The van der Waals surface area contributed by atoms with E-state index in [0.717, 1.165) is 0 Å². The van der Waals surface area contributed by atoms with Crippen molar-refractivity contribution in [1.82, 2.24) is 4.57 Å². The zero-order valence-electron chi connectivity index (χ0n) is 5.63. The summed E-state index contributed by atoms with van der Waals surface area (Å²) in [4.78, 5) is 0. The Hall–Kier alpha value is -0.790. The van der Waals surface area contributed by atoms with E-state index in [1.165, 1.54) is 12.3 Å². The van der Waals surface area contributed by atoms with Crippen LogP contribution in [0.15, 0.2) is 18.5 Å². The summed E-state index contributed by atoms with van der Waals surface area (Å²) in [5.41, 5.74) is 0. The normalized spacial score (nSPS) is 10.7. The molecule has 0 unspecified atom stereocenters. The molecule has 1 rings (SSSR count). The Morgan fingerprint density at radius 1 is 1.56 bits per heavy atom. The van der Waals surface area contributed by atoms with Crippen LogP contribution in [-0.4, -0.2) is 4.57 Å². The fraction of sp³-hybridized carbons (Fsp3) is 0.429. The molecule has 0 fully saturated rings. The van der Waals surface area contributed by atoms with Gasteiger partial charge in [0.2, 0.25) is 0 Å². The number of nitrogens with zero attached hydrogens (tertiary/aromatic N) is 1. The molecule has 0 amide bonds. The van der Waals surface area contributed by atoms with Gasteiger partial charge in [-0.2, -0.15) is 0 Å². The zero-order chi connectivity index (χ0) is 6.85. The van der Waals surface area contributed by atoms with Gasteiger partial charge in [-0.25, -0.2) is 4.39 Å². The van der Waals surface area contributed by atoms with Gasteiger partial charge in [0.25, 0.3) is 0 Å². The Morgan fingerprint density at radius 3 is 2.44 bits per heavy atom. The molecule has 0 radical (unpaired) electrons. The third kappa shape index (κ3) is 1.31. The molecular weight excluding hydrogens is 117 g/mol. The van der Waals surface area contributed by atoms with Gasteiger partial charge in [0.05, 0.1) is 0 Å². The van der Waals surface area contributed by atoms with Gasteiger partial charge >= 0.3 is 0 Å². The van der Waals surface area contributed by atoms with E-state index in [0.29, 0.717) is 6.04 Å². The van der Waals surface area contributed by atoms with Gasteiger partial charge in [0.15, 0.2) is 0 Å². The predicted octanol–water partition coefficient (Wildman–Crippen LogP) is 2.21. The van der Waals surface area contributed by atoms with Gasteiger partial charge < -0.3 is 4.57 Å². The molecule has 1 aromatic heterocycles. The van der Waals surface area contributed by atoms with Crippen LogP contribution in [0, 0.1) is 5.82 Å². The van der Waals surface area contributed by atoms with Crippen LogP contribution in [0.4, 0.5) is 4.39 Å². The number of rotatable bonds is 1. The minimum atomic E-state index is -0.163. The third-order valence-corrected chi connectivity index (χ3v) is 1.27. The van der Waals surface area contributed by atoms with E-state index in [1.807, 2.05) is 18.4 Å². The summed E-state index contributed by atoms with van der Waals surface area (Å²) >= 11 is 0. The van der Waals surface area contributed by atoms with E-state index < -0.39 is 0 Å². The first-order chi connectivity index (χ1) is 4.20. The van der Waals surface area contributed by atoms with E-state index in [1.54, 1.807) is 6.20 Å². The molecule has 0 bridgehead atoms. The lowest BCUT2D eigenvalue weighted by atomic mass is 10.4. The molecule has 0 aliphatic heterocycles. The highest BCUT2D eigenvalue weighted by Crippen LogP contribution is 2.05. The molecule has 1 nitrogen and oxygen atoms in total. The van der Waals surface area contributed by atoms with E-state index in [-0.39, 0.29) is 5.82 Å². The van der Waals surface area contributed by atoms with Crippen molar-refractivity contribution >= 4 is 0 Å². The maximum Gasteiger partial charge on any atom is 0.140 e. The highest BCUT2D eigenvalue weighted by atomic mass is 19.1. The van der Waals surface area contributed by atoms with Crippen molar-refractivity contribution in [3.05, 3.63) is 24.3 Å². The maximum atomic E-state index is 12.3. The molecule has 2 heteroatoms. The molecular formula is C7H10FN. The number of halogens is 1. The minimum absolute atomic E-state index is 0.163. The maximum absolute atomic E-state index is 12.3. The second-order valence-corrected chi connectivity index (χ2v) is 2.37. The molecule has 0 aliphatic rings. The van der Waals surface area contributed by atoms with Gasteiger partial charge in [0, 0.05) is 18.4 Å². The highest BCUT2D eigenvalue weighted by molar-refractivity contribution is 4.95. The van der Waals surface area contributed by atoms with Crippen molar-refractivity contribution in [3.63, 3.8) is 0 Å². The third-order valence-electron chi connectivity index (χ3n) is 1.27. The smallest absolute Gasteiger partial charge is 0.140 e. The monoisotopic (exact) mass is 127 g/mol. The van der Waals surface area contributed by atoms with Crippen LogP contribution in [0.5, 0.6) is 0 Å². The first kappa shape index (κ1) is 6.33. The Labute approximate surface area is 54.1 Å². The highest BCUT2D eigenvalue weighted by Gasteiger charge is 1.96. The van der Waals surface area contributed by atoms with Gasteiger partial charge in [-0.05, 0) is 19.9 Å². The molecule has 9 heavy (non-hydrogen) atoms. The van der Waals surface area contributed by atoms with Gasteiger partial charge in [-0.1, -0.05) is 0 Å².